The SMILES string of the molecule is CCCCN(C)C(=O)c1n[nH]c(CCC)c1S(=O)(=O)Cl. The Kier molecular flexibility index (Phi) is 6.01. The van der Waals surface area contributed by atoms with Crippen molar-refractivity contribution in [1.82, 2.24) is 15.1 Å². The van der Waals surface area contributed by atoms with Gasteiger partial charge in [0.2, 0.25) is 0 Å². The minimum absolute atomic E-state index is 0.123. The highest BCUT2D eigenvalue weighted by Gasteiger charge is 2.29. The van der Waals surface area contributed by atoms with E-state index in [1.54, 1.807) is 7.05 Å². The Bertz CT molecular complexity index is 569. The molecule has 0 aromatic carbocycles. The van der Waals surface area contributed by atoms with Gasteiger partial charge < -0.3 is 4.90 Å². The van der Waals surface area contributed by atoms with Crippen LogP contribution in [-0.2, 0) is 15.5 Å². The molecule has 0 aliphatic rings. The number of halogens is 1. The maximum atomic E-state index is 12.3. The molecule has 0 unspecified atom stereocenters. The summed E-state index contributed by atoms with van der Waals surface area (Å²) in [5.74, 6) is -0.434. The van der Waals surface area contributed by atoms with Crippen molar-refractivity contribution in [2.75, 3.05) is 13.6 Å². The second kappa shape index (κ2) is 7.08. The number of H-pyrrole nitrogens is 1. The molecule has 0 aliphatic heterocycles. The fourth-order valence-electron chi connectivity index (χ4n) is 1.87. The zero-order valence-electron chi connectivity index (χ0n) is 11.9. The highest BCUT2D eigenvalue weighted by molar-refractivity contribution is 8.13. The van der Waals surface area contributed by atoms with Crippen LogP contribution in [0.1, 0.15) is 49.3 Å². The third-order valence-electron chi connectivity index (χ3n) is 2.93. The van der Waals surface area contributed by atoms with Gasteiger partial charge in [-0.15, -0.1) is 0 Å². The van der Waals surface area contributed by atoms with Gasteiger partial charge in [-0.25, -0.2) is 8.42 Å². The fraction of sp³-hybridized carbons (Fsp3) is 0.667. The third-order valence-corrected chi connectivity index (χ3v) is 4.32. The van der Waals surface area contributed by atoms with Crippen LogP contribution in [0.25, 0.3) is 0 Å². The molecule has 20 heavy (non-hydrogen) atoms. The van der Waals surface area contributed by atoms with Crippen LogP contribution in [0.2, 0.25) is 0 Å². The van der Waals surface area contributed by atoms with E-state index in [0.717, 1.165) is 19.3 Å². The molecule has 1 amide bonds. The summed E-state index contributed by atoms with van der Waals surface area (Å²) in [7, 11) is 3.05. The monoisotopic (exact) mass is 321 g/mol. The van der Waals surface area contributed by atoms with Gasteiger partial charge >= 0.3 is 0 Å². The third kappa shape index (κ3) is 3.96. The maximum absolute atomic E-state index is 12.3. The van der Waals surface area contributed by atoms with Crippen molar-refractivity contribution >= 4 is 25.6 Å². The summed E-state index contributed by atoms with van der Waals surface area (Å²) in [6.07, 6.45) is 2.98. The molecule has 0 saturated carbocycles. The Labute approximate surface area is 123 Å². The number of carbonyl (C=O) groups excluding carboxylic acids is 1. The van der Waals surface area contributed by atoms with Crippen LogP contribution in [0, 0.1) is 0 Å². The molecular weight excluding hydrogens is 302 g/mol. The molecule has 114 valence electrons. The standard InChI is InChI=1S/C12H20ClN3O3S/c1-4-6-8-16(3)12(17)10-11(20(13,18)19)9(7-5-2)14-15-10/h4-8H2,1-3H3,(H,14,15). The van der Waals surface area contributed by atoms with Gasteiger partial charge in [0.05, 0.1) is 5.69 Å². The zero-order valence-corrected chi connectivity index (χ0v) is 13.5. The normalized spacial score (nSPS) is 11.6. The van der Waals surface area contributed by atoms with Crippen molar-refractivity contribution in [3.63, 3.8) is 0 Å². The van der Waals surface area contributed by atoms with Crippen LogP contribution < -0.4 is 0 Å². The molecule has 1 aromatic rings. The number of unbranched alkanes of at least 4 members (excludes halogenated alkanes) is 1. The summed E-state index contributed by atoms with van der Waals surface area (Å²) in [6, 6.07) is 0. The molecule has 8 heteroatoms. The molecule has 0 radical (unpaired) electrons. The van der Waals surface area contributed by atoms with Gasteiger partial charge in [-0.3, -0.25) is 9.89 Å². The minimum atomic E-state index is -4.01. The number of rotatable bonds is 7. The number of amides is 1. The first-order valence-corrected chi connectivity index (χ1v) is 8.91. The van der Waals surface area contributed by atoms with Crippen molar-refractivity contribution in [1.29, 1.82) is 0 Å². The van der Waals surface area contributed by atoms with Crippen molar-refractivity contribution in [3.05, 3.63) is 11.4 Å². The smallest absolute Gasteiger partial charge is 0.275 e. The topological polar surface area (TPSA) is 83.1 Å². The first-order chi connectivity index (χ1) is 9.32. The largest absolute Gasteiger partial charge is 0.340 e. The average Bonchev–Trinajstić information content (AvgIpc) is 2.79. The van der Waals surface area contributed by atoms with Crippen LogP contribution in [0.3, 0.4) is 0 Å². The van der Waals surface area contributed by atoms with Gasteiger partial charge in [0.25, 0.3) is 15.0 Å². The van der Waals surface area contributed by atoms with E-state index in [1.165, 1.54) is 4.90 Å². The Balaban J connectivity index is 3.15. The lowest BCUT2D eigenvalue weighted by Gasteiger charge is -2.15. The number of nitrogens with zero attached hydrogens (tertiary/aromatic N) is 2. The molecule has 1 aromatic heterocycles. The molecule has 0 spiro atoms. The first-order valence-electron chi connectivity index (χ1n) is 6.60. The maximum Gasteiger partial charge on any atom is 0.275 e. The van der Waals surface area contributed by atoms with Crippen LogP contribution in [0.5, 0.6) is 0 Å². The second-order valence-electron chi connectivity index (χ2n) is 4.65. The summed E-state index contributed by atoms with van der Waals surface area (Å²) in [5, 5.41) is 6.46. The van der Waals surface area contributed by atoms with Crippen LogP contribution in [0.4, 0.5) is 0 Å². The number of hydrogen-bond acceptors (Lipinski definition) is 4. The molecule has 0 saturated heterocycles. The van der Waals surface area contributed by atoms with Gasteiger partial charge in [-0.2, -0.15) is 5.10 Å². The lowest BCUT2D eigenvalue weighted by molar-refractivity contribution is 0.0783. The van der Waals surface area contributed by atoms with Gasteiger partial charge in [-0.05, 0) is 12.8 Å². The number of hydrogen-bond donors (Lipinski definition) is 1. The van der Waals surface area contributed by atoms with Crippen molar-refractivity contribution in [2.45, 2.75) is 44.4 Å². The Morgan fingerprint density at radius 3 is 2.50 bits per heavy atom. The summed E-state index contributed by atoms with van der Waals surface area (Å²) < 4.78 is 23.4. The number of nitrogens with one attached hydrogen (secondary N) is 1. The first kappa shape index (κ1) is 17.0. The number of aromatic nitrogens is 2. The van der Waals surface area contributed by atoms with E-state index in [4.69, 9.17) is 10.7 Å². The van der Waals surface area contributed by atoms with E-state index < -0.39 is 15.0 Å². The molecule has 1 heterocycles. The number of aryl methyl sites for hydroxylation is 1. The summed E-state index contributed by atoms with van der Waals surface area (Å²) in [5.41, 5.74) is 0.261. The minimum Gasteiger partial charge on any atom is -0.340 e. The molecule has 1 N–H and O–H groups in total. The molecule has 0 aliphatic carbocycles. The molecule has 0 fully saturated rings. The molecule has 0 atom stereocenters. The average molecular weight is 322 g/mol. The molecule has 0 bridgehead atoms. The highest BCUT2D eigenvalue weighted by Crippen LogP contribution is 2.24. The van der Waals surface area contributed by atoms with E-state index in [0.29, 0.717) is 18.7 Å². The highest BCUT2D eigenvalue weighted by atomic mass is 35.7. The van der Waals surface area contributed by atoms with Crippen molar-refractivity contribution in [3.8, 4) is 0 Å². The van der Waals surface area contributed by atoms with Crippen LogP contribution >= 0.6 is 10.7 Å². The summed E-state index contributed by atoms with van der Waals surface area (Å²) in [6.45, 7) is 4.47. The van der Waals surface area contributed by atoms with Crippen LogP contribution in [-0.4, -0.2) is 43.0 Å². The summed E-state index contributed by atoms with van der Waals surface area (Å²) >= 11 is 0. The van der Waals surface area contributed by atoms with Gasteiger partial charge in [0.1, 0.15) is 4.90 Å². The Hall–Kier alpha value is -1.08. The van der Waals surface area contributed by atoms with Gasteiger partial charge in [-0.1, -0.05) is 26.7 Å². The van der Waals surface area contributed by atoms with Crippen molar-refractivity contribution in [2.24, 2.45) is 0 Å². The van der Waals surface area contributed by atoms with E-state index >= 15 is 0 Å². The Morgan fingerprint density at radius 2 is 2.00 bits per heavy atom. The van der Waals surface area contributed by atoms with Crippen molar-refractivity contribution < 1.29 is 13.2 Å². The predicted molar refractivity (Wildman–Crippen MR) is 77.5 cm³/mol. The second-order valence-corrected chi connectivity index (χ2v) is 7.15. The lowest BCUT2D eigenvalue weighted by atomic mass is 10.2. The zero-order chi connectivity index (χ0) is 15.3. The number of carbonyl (C=O) groups is 1. The van der Waals surface area contributed by atoms with Gasteiger partial charge in [0, 0.05) is 24.3 Å². The summed E-state index contributed by atoms with van der Waals surface area (Å²) in [4.78, 5) is 13.5. The molecule has 1 rings (SSSR count). The number of aromatic amines is 1. The lowest BCUT2D eigenvalue weighted by Crippen LogP contribution is -2.29. The molecule has 6 nitrogen and oxygen atoms in total. The van der Waals surface area contributed by atoms with E-state index in [9.17, 15) is 13.2 Å². The Morgan fingerprint density at radius 1 is 1.35 bits per heavy atom. The van der Waals surface area contributed by atoms with Crippen LogP contribution in [0.15, 0.2) is 4.90 Å². The van der Waals surface area contributed by atoms with E-state index in [1.807, 2.05) is 13.8 Å². The predicted octanol–water partition coefficient (Wildman–Crippen LogP) is 2.16. The van der Waals surface area contributed by atoms with E-state index in [2.05, 4.69) is 10.2 Å². The molecular formula is C12H20ClN3O3S. The van der Waals surface area contributed by atoms with Gasteiger partial charge in [0.15, 0.2) is 5.69 Å². The van der Waals surface area contributed by atoms with E-state index in [-0.39, 0.29) is 10.6 Å². The fourth-order valence-corrected chi connectivity index (χ4v) is 3.18. The quantitative estimate of drug-likeness (QED) is 0.780.